The molecule has 0 unspecified atom stereocenters. The van der Waals surface area contributed by atoms with Crippen molar-refractivity contribution < 1.29 is 9.53 Å². The first-order valence-electron chi connectivity index (χ1n) is 8.02. The summed E-state index contributed by atoms with van der Waals surface area (Å²) in [4.78, 5) is 20.6. The summed E-state index contributed by atoms with van der Waals surface area (Å²) in [5, 5.41) is 5.98. The minimum Gasteiger partial charge on any atom is -0.495 e. The molecule has 0 radical (unpaired) electrons. The number of carbonyl (C=O) groups excluding carboxylic acids is 1. The van der Waals surface area contributed by atoms with Crippen molar-refractivity contribution in [3.05, 3.63) is 41.7 Å². The SMILES string of the molecule is COc1ccc(C)cc1Nc1nccc(C(=O)NCCC(C)C)n1. The van der Waals surface area contributed by atoms with Gasteiger partial charge in [0.05, 0.1) is 12.8 Å². The van der Waals surface area contributed by atoms with Gasteiger partial charge in [-0.25, -0.2) is 9.97 Å². The third kappa shape index (κ3) is 4.94. The van der Waals surface area contributed by atoms with Crippen LogP contribution in [0, 0.1) is 12.8 Å². The van der Waals surface area contributed by atoms with E-state index in [1.165, 1.54) is 0 Å². The zero-order valence-corrected chi connectivity index (χ0v) is 14.6. The Hall–Kier alpha value is -2.63. The van der Waals surface area contributed by atoms with Crippen molar-refractivity contribution in [3.8, 4) is 5.75 Å². The summed E-state index contributed by atoms with van der Waals surface area (Å²) in [7, 11) is 1.61. The Morgan fingerprint density at radius 1 is 1.29 bits per heavy atom. The predicted octanol–water partition coefficient (Wildman–Crippen LogP) is 3.31. The van der Waals surface area contributed by atoms with Crippen LogP contribution in [0.1, 0.15) is 36.3 Å². The third-order valence-corrected chi connectivity index (χ3v) is 3.50. The molecule has 6 nitrogen and oxygen atoms in total. The predicted molar refractivity (Wildman–Crippen MR) is 94.8 cm³/mol. The fraction of sp³-hybridized carbons (Fsp3) is 0.389. The fourth-order valence-electron chi connectivity index (χ4n) is 2.15. The molecule has 2 N–H and O–H groups in total. The van der Waals surface area contributed by atoms with E-state index in [4.69, 9.17) is 4.74 Å². The number of hydrogen-bond acceptors (Lipinski definition) is 5. The van der Waals surface area contributed by atoms with Crippen LogP contribution in [-0.4, -0.2) is 29.5 Å². The molecule has 0 saturated carbocycles. The van der Waals surface area contributed by atoms with Crippen LogP contribution in [0.4, 0.5) is 11.6 Å². The number of nitrogens with one attached hydrogen (secondary N) is 2. The lowest BCUT2D eigenvalue weighted by molar-refractivity contribution is 0.0947. The molecule has 1 heterocycles. The highest BCUT2D eigenvalue weighted by atomic mass is 16.5. The van der Waals surface area contributed by atoms with Gasteiger partial charge in [0, 0.05) is 12.7 Å². The minimum atomic E-state index is -0.197. The molecule has 0 atom stereocenters. The molecular weight excluding hydrogens is 304 g/mol. The first-order valence-corrected chi connectivity index (χ1v) is 8.02. The molecule has 0 spiro atoms. The van der Waals surface area contributed by atoms with Gasteiger partial charge < -0.3 is 15.4 Å². The zero-order chi connectivity index (χ0) is 17.5. The monoisotopic (exact) mass is 328 g/mol. The average molecular weight is 328 g/mol. The number of benzene rings is 1. The highest BCUT2D eigenvalue weighted by Gasteiger charge is 2.10. The number of aromatic nitrogens is 2. The van der Waals surface area contributed by atoms with E-state index in [1.807, 2.05) is 25.1 Å². The van der Waals surface area contributed by atoms with Crippen molar-refractivity contribution in [2.45, 2.75) is 27.2 Å². The van der Waals surface area contributed by atoms with Gasteiger partial charge in [0.15, 0.2) is 0 Å². The summed E-state index contributed by atoms with van der Waals surface area (Å²) in [6.45, 7) is 6.86. The van der Waals surface area contributed by atoms with Gasteiger partial charge in [-0.3, -0.25) is 4.79 Å². The lowest BCUT2D eigenvalue weighted by Gasteiger charge is -2.11. The molecule has 1 aromatic carbocycles. The van der Waals surface area contributed by atoms with Gasteiger partial charge in [-0.15, -0.1) is 0 Å². The summed E-state index contributed by atoms with van der Waals surface area (Å²) >= 11 is 0. The van der Waals surface area contributed by atoms with Gasteiger partial charge in [-0.1, -0.05) is 19.9 Å². The van der Waals surface area contributed by atoms with Crippen LogP contribution < -0.4 is 15.4 Å². The normalized spacial score (nSPS) is 10.5. The molecule has 0 aliphatic rings. The number of rotatable bonds is 7. The number of nitrogens with zero attached hydrogens (tertiary/aromatic N) is 2. The second-order valence-electron chi connectivity index (χ2n) is 6.03. The van der Waals surface area contributed by atoms with E-state index in [1.54, 1.807) is 19.4 Å². The summed E-state index contributed by atoms with van der Waals surface area (Å²) < 4.78 is 5.33. The number of amides is 1. The van der Waals surface area contributed by atoms with Crippen molar-refractivity contribution in [1.82, 2.24) is 15.3 Å². The van der Waals surface area contributed by atoms with Crippen molar-refractivity contribution in [3.63, 3.8) is 0 Å². The fourth-order valence-corrected chi connectivity index (χ4v) is 2.15. The van der Waals surface area contributed by atoms with Crippen molar-refractivity contribution >= 4 is 17.5 Å². The van der Waals surface area contributed by atoms with Gasteiger partial charge in [0.1, 0.15) is 11.4 Å². The van der Waals surface area contributed by atoms with Gasteiger partial charge in [-0.05, 0) is 43.0 Å². The molecule has 24 heavy (non-hydrogen) atoms. The minimum absolute atomic E-state index is 0.197. The first kappa shape index (κ1) is 17.7. The number of carbonyl (C=O) groups is 1. The average Bonchev–Trinajstić information content (AvgIpc) is 2.55. The highest BCUT2D eigenvalue weighted by Crippen LogP contribution is 2.27. The third-order valence-electron chi connectivity index (χ3n) is 3.50. The first-order chi connectivity index (χ1) is 11.5. The maximum absolute atomic E-state index is 12.2. The Balaban J connectivity index is 2.10. The second kappa shape index (κ2) is 8.29. The van der Waals surface area contributed by atoms with E-state index in [2.05, 4.69) is 34.4 Å². The molecule has 0 bridgehead atoms. The van der Waals surface area contributed by atoms with Crippen LogP contribution in [0.2, 0.25) is 0 Å². The zero-order valence-electron chi connectivity index (χ0n) is 14.6. The maximum atomic E-state index is 12.2. The van der Waals surface area contributed by atoms with E-state index >= 15 is 0 Å². The highest BCUT2D eigenvalue weighted by molar-refractivity contribution is 5.92. The van der Waals surface area contributed by atoms with Gasteiger partial charge in [0.2, 0.25) is 5.95 Å². The van der Waals surface area contributed by atoms with Gasteiger partial charge >= 0.3 is 0 Å². The van der Waals surface area contributed by atoms with Gasteiger partial charge in [0.25, 0.3) is 5.91 Å². The molecular formula is C18H24N4O2. The number of ether oxygens (including phenoxy) is 1. The Morgan fingerprint density at radius 3 is 2.79 bits per heavy atom. The molecule has 1 amide bonds. The number of anilines is 2. The molecule has 0 aliphatic heterocycles. The molecule has 0 saturated heterocycles. The number of aryl methyl sites for hydroxylation is 1. The van der Waals surface area contributed by atoms with Crippen molar-refractivity contribution in [2.24, 2.45) is 5.92 Å². The van der Waals surface area contributed by atoms with E-state index < -0.39 is 0 Å². The Morgan fingerprint density at radius 2 is 2.08 bits per heavy atom. The summed E-state index contributed by atoms with van der Waals surface area (Å²) in [6.07, 6.45) is 2.50. The molecule has 6 heteroatoms. The van der Waals surface area contributed by atoms with E-state index in [0.717, 1.165) is 17.7 Å². The van der Waals surface area contributed by atoms with Crippen LogP contribution in [0.15, 0.2) is 30.5 Å². The van der Waals surface area contributed by atoms with Gasteiger partial charge in [-0.2, -0.15) is 0 Å². The van der Waals surface area contributed by atoms with Crippen LogP contribution >= 0.6 is 0 Å². The number of methoxy groups -OCH3 is 1. The van der Waals surface area contributed by atoms with E-state index in [0.29, 0.717) is 29.9 Å². The quantitative estimate of drug-likeness (QED) is 0.815. The molecule has 128 valence electrons. The molecule has 0 aliphatic carbocycles. The van der Waals surface area contributed by atoms with E-state index in [9.17, 15) is 4.79 Å². The molecule has 0 fully saturated rings. The maximum Gasteiger partial charge on any atom is 0.270 e. The summed E-state index contributed by atoms with van der Waals surface area (Å²) in [5.41, 5.74) is 2.18. The Labute approximate surface area is 142 Å². The Kier molecular flexibility index (Phi) is 6.12. The van der Waals surface area contributed by atoms with Crippen LogP contribution in [0.5, 0.6) is 5.75 Å². The largest absolute Gasteiger partial charge is 0.495 e. The molecule has 1 aromatic heterocycles. The summed E-state index contributed by atoms with van der Waals surface area (Å²) in [5.74, 6) is 1.39. The topological polar surface area (TPSA) is 76.1 Å². The number of hydrogen-bond donors (Lipinski definition) is 2. The molecule has 2 aromatic rings. The lowest BCUT2D eigenvalue weighted by atomic mass is 10.1. The standard InChI is InChI=1S/C18H24N4O2/c1-12(2)7-9-19-17(23)14-8-10-20-18(21-14)22-15-11-13(3)5-6-16(15)24-4/h5-6,8,10-12H,7,9H2,1-4H3,(H,19,23)(H,20,21,22). The van der Waals surface area contributed by atoms with E-state index in [-0.39, 0.29) is 5.91 Å². The van der Waals surface area contributed by atoms with Crippen LogP contribution in [0.25, 0.3) is 0 Å². The second-order valence-corrected chi connectivity index (χ2v) is 6.03. The van der Waals surface area contributed by atoms with Crippen LogP contribution in [0.3, 0.4) is 0 Å². The molecule has 2 rings (SSSR count). The smallest absolute Gasteiger partial charge is 0.270 e. The summed E-state index contributed by atoms with van der Waals surface area (Å²) in [6, 6.07) is 7.38. The van der Waals surface area contributed by atoms with Crippen molar-refractivity contribution in [2.75, 3.05) is 19.0 Å². The Bertz CT molecular complexity index is 701. The van der Waals surface area contributed by atoms with Crippen molar-refractivity contribution in [1.29, 1.82) is 0 Å². The van der Waals surface area contributed by atoms with Crippen LogP contribution in [-0.2, 0) is 0 Å². The lowest BCUT2D eigenvalue weighted by Crippen LogP contribution is -2.26.